The van der Waals surface area contributed by atoms with Crippen molar-refractivity contribution >= 4 is 15.7 Å². The number of nitrogens with zero attached hydrogens (tertiary/aromatic N) is 2. The summed E-state index contributed by atoms with van der Waals surface area (Å²) in [6.45, 7) is 7.12. The molecule has 1 aromatic carbocycles. The van der Waals surface area contributed by atoms with Gasteiger partial charge in [0.15, 0.2) is 0 Å². The van der Waals surface area contributed by atoms with Crippen molar-refractivity contribution < 1.29 is 21.6 Å². The number of alkyl halides is 3. The van der Waals surface area contributed by atoms with Crippen molar-refractivity contribution in [3.8, 4) is 0 Å². The predicted molar refractivity (Wildman–Crippen MR) is 84.3 cm³/mol. The van der Waals surface area contributed by atoms with E-state index in [1.165, 1.54) is 0 Å². The first kappa shape index (κ1) is 18.3. The van der Waals surface area contributed by atoms with Crippen molar-refractivity contribution in [3.05, 3.63) is 41.2 Å². The topological polar surface area (TPSA) is 64.0 Å². The summed E-state index contributed by atoms with van der Waals surface area (Å²) in [5.74, 6) is 0. The van der Waals surface area contributed by atoms with Crippen LogP contribution in [0.2, 0.25) is 0 Å². The van der Waals surface area contributed by atoms with E-state index in [9.17, 15) is 21.6 Å². The third-order valence-electron chi connectivity index (χ3n) is 3.52. The summed E-state index contributed by atoms with van der Waals surface area (Å²) in [6.07, 6.45) is -4.61. The van der Waals surface area contributed by atoms with Gasteiger partial charge in [0, 0.05) is 6.04 Å². The second-order valence-corrected chi connectivity index (χ2v) is 7.40. The molecule has 9 heteroatoms. The van der Waals surface area contributed by atoms with Crippen LogP contribution in [0.1, 0.15) is 36.8 Å². The van der Waals surface area contributed by atoms with Crippen molar-refractivity contribution in [1.29, 1.82) is 0 Å². The summed E-state index contributed by atoms with van der Waals surface area (Å²) in [7, 11) is -4.16. The highest BCUT2D eigenvalue weighted by molar-refractivity contribution is 7.92. The number of hydrogen-bond donors (Lipinski definition) is 1. The van der Waals surface area contributed by atoms with Gasteiger partial charge in [-0.3, -0.25) is 9.40 Å². The second-order valence-electron chi connectivity index (χ2n) is 5.72. The van der Waals surface area contributed by atoms with Crippen molar-refractivity contribution in [1.82, 2.24) is 9.78 Å². The third-order valence-corrected chi connectivity index (χ3v) is 4.87. The molecule has 1 aromatic heterocycles. The molecular formula is C15H18F3N3O2S. The Morgan fingerprint density at radius 3 is 2.33 bits per heavy atom. The molecule has 24 heavy (non-hydrogen) atoms. The molecule has 0 bridgehead atoms. The Bertz CT molecular complexity index is 855. The molecule has 0 amide bonds. The normalized spacial score (nSPS) is 12.7. The summed E-state index contributed by atoms with van der Waals surface area (Å²) < 4.78 is 67.2. The number of rotatable bonds is 4. The molecule has 0 unspecified atom stereocenters. The fourth-order valence-electron chi connectivity index (χ4n) is 2.35. The van der Waals surface area contributed by atoms with Crippen LogP contribution in [0, 0.1) is 13.8 Å². The highest BCUT2D eigenvalue weighted by Crippen LogP contribution is 2.31. The lowest BCUT2D eigenvalue weighted by molar-refractivity contribution is -0.137. The molecule has 2 aromatic rings. The molecule has 0 aliphatic carbocycles. The first-order valence-electron chi connectivity index (χ1n) is 7.19. The molecule has 0 atom stereocenters. The number of aryl methyl sites for hydroxylation is 1. The monoisotopic (exact) mass is 361 g/mol. The Morgan fingerprint density at radius 2 is 1.83 bits per heavy atom. The average molecular weight is 361 g/mol. The molecule has 132 valence electrons. The van der Waals surface area contributed by atoms with Crippen LogP contribution in [0.5, 0.6) is 0 Å². The molecule has 5 nitrogen and oxygen atoms in total. The van der Waals surface area contributed by atoms with Gasteiger partial charge in [-0.05, 0) is 45.9 Å². The van der Waals surface area contributed by atoms with Crippen LogP contribution in [0.3, 0.4) is 0 Å². The van der Waals surface area contributed by atoms with Crippen molar-refractivity contribution in [3.63, 3.8) is 0 Å². The van der Waals surface area contributed by atoms with Gasteiger partial charge in [0.1, 0.15) is 0 Å². The van der Waals surface area contributed by atoms with E-state index in [-0.39, 0.29) is 11.7 Å². The first-order valence-corrected chi connectivity index (χ1v) is 8.67. The zero-order valence-electron chi connectivity index (χ0n) is 13.6. The molecule has 2 rings (SSSR count). The van der Waals surface area contributed by atoms with Gasteiger partial charge in [0.25, 0.3) is 10.0 Å². The van der Waals surface area contributed by atoms with Crippen LogP contribution in [0.25, 0.3) is 0 Å². The molecule has 0 radical (unpaired) electrons. The average Bonchev–Trinajstić information content (AvgIpc) is 2.74. The van der Waals surface area contributed by atoms with Crippen molar-refractivity contribution in [2.75, 3.05) is 4.72 Å². The largest absolute Gasteiger partial charge is 0.416 e. The van der Waals surface area contributed by atoms with Crippen LogP contribution in [0.15, 0.2) is 29.2 Å². The molecule has 0 aliphatic heterocycles. The number of hydrogen-bond acceptors (Lipinski definition) is 3. The summed E-state index contributed by atoms with van der Waals surface area (Å²) in [5, 5.41) is 4.25. The summed E-state index contributed by atoms with van der Waals surface area (Å²) in [4.78, 5) is -0.451. The predicted octanol–water partition coefficient (Wildman–Crippen LogP) is 3.90. The van der Waals surface area contributed by atoms with E-state index in [0.29, 0.717) is 17.5 Å². The highest BCUT2D eigenvalue weighted by Gasteiger charge is 2.32. The molecule has 0 saturated carbocycles. The maximum Gasteiger partial charge on any atom is 0.416 e. The highest BCUT2D eigenvalue weighted by atomic mass is 32.2. The molecule has 0 aliphatic rings. The number of nitrogens with one attached hydrogen (secondary N) is 1. The third kappa shape index (κ3) is 3.55. The Kier molecular flexibility index (Phi) is 4.67. The summed E-state index contributed by atoms with van der Waals surface area (Å²) >= 11 is 0. The minimum absolute atomic E-state index is 0.0236. The van der Waals surface area contributed by atoms with E-state index in [1.807, 2.05) is 13.8 Å². The maximum atomic E-state index is 12.8. The van der Waals surface area contributed by atoms with Crippen LogP contribution in [-0.4, -0.2) is 18.2 Å². The lowest BCUT2D eigenvalue weighted by Crippen LogP contribution is -2.15. The van der Waals surface area contributed by atoms with Gasteiger partial charge in [0.05, 0.1) is 27.5 Å². The standard InChI is InChI=1S/C15H18F3N3O2S/c1-9(2)21-11(4)14(10(3)19-21)20-24(22,23)13-7-5-6-12(8-13)15(16,17)18/h5-9,20H,1-4H3. The fraction of sp³-hybridized carbons (Fsp3) is 0.400. The molecule has 0 spiro atoms. The van der Waals surface area contributed by atoms with Crippen LogP contribution in [0.4, 0.5) is 18.9 Å². The zero-order valence-corrected chi connectivity index (χ0v) is 14.5. The number of sulfonamides is 1. The Labute approximate surface area is 138 Å². The molecule has 1 heterocycles. The van der Waals surface area contributed by atoms with Crippen LogP contribution < -0.4 is 4.72 Å². The quantitative estimate of drug-likeness (QED) is 0.898. The molecule has 1 N–H and O–H groups in total. The summed E-state index contributed by atoms with van der Waals surface area (Å²) in [5.41, 5.74) is 0.313. The number of aromatic nitrogens is 2. The van der Waals surface area contributed by atoms with E-state index in [0.717, 1.165) is 18.2 Å². The van der Waals surface area contributed by atoms with Crippen molar-refractivity contribution in [2.45, 2.75) is 44.8 Å². The smallest absolute Gasteiger partial charge is 0.276 e. The van der Waals surface area contributed by atoms with E-state index >= 15 is 0 Å². The lowest BCUT2D eigenvalue weighted by Gasteiger charge is -2.12. The van der Waals surface area contributed by atoms with E-state index in [1.54, 1.807) is 18.5 Å². The van der Waals surface area contributed by atoms with Gasteiger partial charge in [-0.2, -0.15) is 18.3 Å². The number of benzene rings is 1. The Morgan fingerprint density at radius 1 is 1.21 bits per heavy atom. The molecule has 0 saturated heterocycles. The minimum Gasteiger partial charge on any atom is -0.276 e. The molecule has 0 fully saturated rings. The van der Waals surface area contributed by atoms with E-state index in [2.05, 4.69) is 9.82 Å². The summed E-state index contributed by atoms with van der Waals surface area (Å²) in [6, 6.07) is 3.64. The minimum atomic E-state index is -4.61. The first-order chi connectivity index (χ1) is 10.9. The number of halogens is 3. The zero-order chi connectivity index (χ0) is 18.3. The fourth-order valence-corrected chi connectivity index (χ4v) is 3.57. The van der Waals surface area contributed by atoms with Crippen LogP contribution in [-0.2, 0) is 16.2 Å². The van der Waals surface area contributed by atoms with Gasteiger partial charge < -0.3 is 0 Å². The van der Waals surface area contributed by atoms with Crippen LogP contribution >= 0.6 is 0 Å². The molecular weight excluding hydrogens is 343 g/mol. The second kappa shape index (κ2) is 6.12. The Hall–Kier alpha value is -2.03. The van der Waals surface area contributed by atoms with Crippen molar-refractivity contribution in [2.24, 2.45) is 0 Å². The van der Waals surface area contributed by atoms with Gasteiger partial charge in [-0.15, -0.1) is 0 Å². The van der Waals surface area contributed by atoms with E-state index < -0.39 is 26.7 Å². The van der Waals surface area contributed by atoms with Gasteiger partial charge in [-0.1, -0.05) is 6.07 Å². The lowest BCUT2D eigenvalue weighted by atomic mass is 10.2. The Balaban J connectivity index is 2.44. The SMILES string of the molecule is Cc1nn(C(C)C)c(C)c1NS(=O)(=O)c1cccc(C(F)(F)F)c1. The maximum absolute atomic E-state index is 12.8. The van der Waals surface area contributed by atoms with E-state index in [4.69, 9.17) is 0 Å². The van der Waals surface area contributed by atoms with Gasteiger partial charge in [0.2, 0.25) is 0 Å². The van der Waals surface area contributed by atoms with Gasteiger partial charge in [-0.25, -0.2) is 8.42 Å². The number of anilines is 1. The van der Waals surface area contributed by atoms with Gasteiger partial charge >= 0.3 is 6.18 Å².